The molecule has 4 aromatic carbocycles. The fourth-order valence-corrected chi connectivity index (χ4v) is 7.87. The summed E-state index contributed by atoms with van der Waals surface area (Å²) in [5, 5.41) is 7.70. The summed E-state index contributed by atoms with van der Waals surface area (Å²) < 4.78 is 33.2. The first-order valence-corrected chi connectivity index (χ1v) is 16.0. The molecule has 0 unspecified atom stereocenters. The quantitative estimate of drug-likeness (QED) is 0.201. The van der Waals surface area contributed by atoms with Crippen LogP contribution in [0.15, 0.2) is 103 Å². The van der Waals surface area contributed by atoms with Crippen molar-refractivity contribution in [3.8, 4) is 22.1 Å². The van der Waals surface area contributed by atoms with Gasteiger partial charge in [0.1, 0.15) is 5.75 Å². The normalized spacial score (nSPS) is 14.7. The highest BCUT2D eigenvalue weighted by molar-refractivity contribution is 7.22. The van der Waals surface area contributed by atoms with Crippen LogP contribution in [0.2, 0.25) is 0 Å². The molecule has 0 saturated heterocycles. The van der Waals surface area contributed by atoms with Gasteiger partial charge in [-0.05, 0) is 76.3 Å². The molecular weight excluding hydrogens is 567 g/mol. The summed E-state index contributed by atoms with van der Waals surface area (Å²) in [5.74, 6) is 0.688. The van der Waals surface area contributed by atoms with Gasteiger partial charge in [0.2, 0.25) is 0 Å². The number of rotatable bonds is 4. The van der Waals surface area contributed by atoms with Crippen molar-refractivity contribution in [1.29, 1.82) is 0 Å². The Morgan fingerprint density at radius 3 is 2.58 bits per heavy atom. The van der Waals surface area contributed by atoms with Crippen LogP contribution in [0.3, 0.4) is 0 Å². The Labute approximate surface area is 263 Å². The van der Waals surface area contributed by atoms with Gasteiger partial charge in [-0.25, -0.2) is 0 Å². The van der Waals surface area contributed by atoms with Crippen molar-refractivity contribution in [3.05, 3.63) is 108 Å². The molecule has 4 heterocycles. The average Bonchev–Trinajstić information content (AvgIpc) is 3.77. The lowest BCUT2D eigenvalue weighted by molar-refractivity contribution is 0.497. The summed E-state index contributed by atoms with van der Waals surface area (Å²) in [4.78, 5) is 8.33. The van der Waals surface area contributed by atoms with E-state index >= 15 is 0 Å². The van der Waals surface area contributed by atoms with E-state index in [2.05, 4.69) is 68.6 Å². The maximum absolute atomic E-state index is 8.08. The number of hydrogen-bond acceptors (Lipinski definition) is 6. The average molecular weight is 601 g/mol. The third-order valence-corrected chi connectivity index (χ3v) is 10.1. The largest absolute Gasteiger partial charge is 0.447 e. The van der Waals surface area contributed by atoms with Crippen LogP contribution in [-0.4, -0.2) is 18.6 Å². The minimum atomic E-state index is -2.24. The number of thiophene rings is 2. The van der Waals surface area contributed by atoms with Gasteiger partial charge in [-0.15, -0.1) is 11.3 Å². The number of benzene rings is 4. The molecule has 43 heavy (non-hydrogen) atoms. The molecule has 0 N–H and O–H groups in total. The molecule has 7 aromatic rings. The number of hydrogen-bond donors (Lipinski definition) is 0. The third-order valence-electron chi connectivity index (χ3n) is 8.21. The molecule has 1 aliphatic rings. The lowest BCUT2D eigenvalue weighted by Gasteiger charge is -2.20. The number of para-hydroxylation sites is 2. The van der Waals surface area contributed by atoms with Crippen molar-refractivity contribution in [2.75, 3.05) is 23.4 Å². The summed E-state index contributed by atoms with van der Waals surface area (Å²) in [5.41, 5.74) is 5.70. The van der Waals surface area contributed by atoms with Crippen LogP contribution < -0.4 is 14.5 Å². The number of aromatic nitrogens is 1. The van der Waals surface area contributed by atoms with Crippen LogP contribution in [-0.2, 0) is 5.41 Å². The molecular formula is C37H31N3OS2. The number of anilines is 3. The molecule has 0 bridgehead atoms. The van der Waals surface area contributed by atoms with Gasteiger partial charge in [0.25, 0.3) is 0 Å². The van der Waals surface area contributed by atoms with Gasteiger partial charge in [0, 0.05) is 66.2 Å². The van der Waals surface area contributed by atoms with Crippen LogP contribution in [0, 0.1) is 0 Å². The van der Waals surface area contributed by atoms with Gasteiger partial charge in [-0.3, -0.25) is 4.98 Å². The van der Waals surface area contributed by atoms with Crippen molar-refractivity contribution in [3.63, 3.8) is 0 Å². The van der Waals surface area contributed by atoms with Gasteiger partial charge in [-0.1, -0.05) is 56.4 Å². The van der Waals surface area contributed by atoms with E-state index in [1.807, 2.05) is 59.6 Å². The maximum atomic E-state index is 8.08. The highest BCUT2D eigenvalue weighted by atomic mass is 32.1. The Balaban J connectivity index is 1.23. The SMILES string of the molecule is [2H]C([2H])([2H])N1CN(c2cccc(Oc3cc4c(-c5cc(C(C)(C)C)ccn5)cc5c6ccsc6ccc5c4s3)c2)c2ccccc21. The van der Waals surface area contributed by atoms with E-state index in [4.69, 9.17) is 13.8 Å². The Kier molecular flexibility index (Phi) is 5.28. The molecule has 4 nitrogen and oxygen atoms in total. The van der Waals surface area contributed by atoms with E-state index in [0.717, 1.165) is 37.8 Å². The number of ether oxygens (including phenoxy) is 1. The van der Waals surface area contributed by atoms with Crippen LogP contribution in [0.5, 0.6) is 10.8 Å². The van der Waals surface area contributed by atoms with Gasteiger partial charge < -0.3 is 14.5 Å². The molecule has 0 aliphatic carbocycles. The first-order chi connectivity index (χ1) is 22.0. The lowest BCUT2D eigenvalue weighted by atomic mass is 9.86. The zero-order chi connectivity index (χ0) is 31.8. The maximum Gasteiger partial charge on any atom is 0.182 e. The molecule has 1 aliphatic heterocycles. The summed E-state index contributed by atoms with van der Waals surface area (Å²) in [7, 11) is 0. The van der Waals surface area contributed by atoms with E-state index in [-0.39, 0.29) is 12.1 Å². The summed E-state index contributed by atoms with van der Waals surface area (Å²) in [6.45, 7) is 4.66. The molecule has 212 valence electrons. The molecule has 0 fully saturated rings. The Morgan fingerprint density at radius 2 is 1.72 bits per heavy atom. The van der Waals surface area contributed by atoms with Gasteiger partial charge in [0.05, 0.1) is 23.7 Å². The standard InChI is InChI=1S/C37H31N3OS2/c1-37(2,3)23-14-16-38-31(18-23)29-20-28-26-15-17-42-34(26)13-12-27(28)36-30(29)21-35(43-36)41-25-9-7-8-24(19-25)40-22-39(4)32-10-5-6-11-33(32)40/h5-21H,22H2,1-4H3/i4D3. The second kappa shape index (κ2) is 9.83. The summed E-state index contributed by atoms with van der Waals surface area (Å²) >= 11 is 3.39. The molecule has 0 saturated carbocycles. The molecule has 3 aromatic heterocycles. The zero-order valence-corrected chi connectivity index (χ0v) is 25.7. The molecule has 8 rings (SSSR count). The van der Waals surface area contributed by atoms with Crippen LogP contribution in [0.1, 0.15) is 30.4 Å². The first-order valence-electron chi connectivity index (χ1n) is 15.8. The number of pyridine rings is 1. The van der Waals surface area contributed by atoms with Crippen molar-refractivity contribution in [2.45, 2.75) is 26.2 Å². The minimum absolute atomic E-state index is 0.00140. The van der Waals surface area contributed by atoms with Gasteiger partial charge in [0.15, 0.2) is 5.06 Å². The highest BCUT2D eigenvalue weighted by Crippen LogP contribution is 2.46. The Bertz CT molecular complexity index is 2280. The van der Waals surface area contributed by atoms with E-state index in [9.17, 15) is 0 Å². The Hall–Kier alpha value is -4.39. The predicted molar refractivity (Wildman–Crippen MR) is 185 cm³/mol. The highest BCUT2D eigenvalue weighted by Gasteiger charge is 2.24. The van der Waals surface area contributed by atoms with Crippen molar-refractivity contribution in [2.24, 2.45) is 0 Å². The van der Waals surface area contributed by atoms with Crippen molar-refractivity contribution >= 4 is 70.7 Å². The monoisotopic (exact) mass is 600 g/mol. The molecule has 0 spiro atoms. The van der Waals surface area contributed by atoms with E-state index in [0.29, 0.717) is 11.4 Å². The van der Waals surface area contributed by atoms with Crippen LogP contribution in [0.25, 0.3) is 42.2 Å². The molecule has 0 atom stereocenters. The zero-order valence-electron chi connectivity index (χ0n) is 27.1. The van der Waals surface area contributed by atoms with E-state index < -0.39 is 6.98 Å². The first kappa shape index (κ1) is 23.1. The van der Waals surface area contributed by atoms with Crippen LogP contribution in [0.4, 0.5) is 17.1 Å². The molecule has 0 amide bonds. The predicted octanol–water partition coefficient (Wildman–Crippen LogP) is 11.0. The molecule has 6 heteroatoms. The number of nitrogens with zero attached hydrogens (tertiary/aromatic N) is 3. The topological polar surface area (TPSA) is 28.6 Å². The lowest BCUT2D eigenvalue weighted by Crippen LogP contribution is -2.23. The van der Waals surface area contributed by atoms with Crippen molar-refractivity contribution in [1.82, 2.24) is 4.98 Å². The molecule has 0 radical (unpaired) electrons. The number of fused-ring (bicyclic) bond motifs is 6. The van der Waals surface area contributed by atoms with E-state index in [1.54, 1.807) is 22.7 Å². The summed E-state index contributed by atoms with van der Waals surface area (Å²) in [6.07, 6.45) is 1.91. The fraction of sp³-hybridized carbons (Fsp3) is 0.162. The van der Waals surface area contributed by atoms with Crippen LogP contribution >= 0.6 is 22.7 Å². The Morgan fingerprint density at radius 1 is 0.837 bits per heavy atom. The fourth-order valence-electron chi connectivity index (χ4n) is 5.98. The van der Waals surface area contributed by atoms with E-state index in [1.165, 1.54) is 31.3 Å². The minimum Gasteiger partial charge on any atom is -0.447 e. The smallest absolute Gasteiger partial charge is 0.182 e. The second-order valence-corrected chi connectivity index (χ2v) is 14.0. The second-order valence-electron chi connectivity index (χ2n) is 12.0. The third kappa shape index (κ3) is 4.44. The van der Waals surface area contributed by atoms with Gasteiger partial charge in [-0.2, -0.15) is 0 Å². The van der Waals surface area contributed by atoms with Gasteiger partial charge >= 0.3 is 0 Å². The van der Waals surface area contributed by atoms with Crippen molar-refractivity contribution < 1.29 is 8.85 Å². The summed E-state index contributed by atoms with van der Waals surface area (Å²) in [6, 6.07) is 30.9.